The third-order valence-electron chi connectivity index (χ3n) is 3.86. The molecule has 0 fully saturated rings. The molecular formula is C20H26FN3O. The van der Waals surface area contributed by atoms with Crippen LogP contribution in [0.2, 0.25) is 0 Å². The monoisotopic (exact) mass is 343 g/mol. The number of aryl methyl sites for hydroxylation is 1. The van der Waals surface area contributed by atoms with E-state index in [1.54, 1.807) is 12.1 Å². The fourth-order valence-corrected chi connectivity index (χ4v) is 2.55. The Hall–Kier alpha value is -2.21. The maximum Gasteiger partial charge on any atom is 0.166 e. The van der Waals surface area contributed by atoms with E-state index in [0.29, 0.717) is 31.9 Å². The molecule has 5 N–H and O–H groups in total. The van der Waals surface area contributed by atoms with Crippen LogP contribution < -0.4 is 21.5 Å². The third-order valence-corrected chi connectivity index (χ3v) is 3.86. The van der Waals surface area contributed by atoms with E-state index in [1.807, 2.05) is 38.1 Å². The lowest BCUT2D eigenvalue weighted by Gasteiger charge is -2.13. The highest BCUT2D eigenvalue weighted by Crippen LogP contribution is 2.31. The molecule has 2 aromatic carbocycles. The van der Waals surface area contributed by atoms with Crippen molar-refractivity contribution in [1.82, 2.24) is 5.32 Å². The van der Waals surface area contributed by atoms with Gasteiger partial charge in [-0.05, 0) is 54.3 Å². The predicted molar refractivity (Wildman–Crippen MR) is 101 cm³/mol. The molecule has 2 aromatic rings. The van der Waals surface area contributed by atoms with E-state index in [-0.39, 0.29) is 11.6 Å². The lowest BCUT2D eigenvalue weighted by Crippen LogP contribution is -2.23. The van der Waals surface area contributed by atoms with Crippen LogP contribution in [0.1, 0.15) is 30.5 Å². The fourth-order valence-electron chi connectivity index (χ4n) is 2.55. The Morgan fingerprint density at radius 3 is 2.52 bits per heavy atom. The second kappa shape index (κ2) is 9.32. The van der Waals surface area contributed by atoms with E-state index in [9.17, 15) is 4.39 Å². The lowest BCUT2D eigenvalue weighted by molar-refractivity contribution is 0.436. The van der Waals surface area contributed by atoms with Gasteiger partial charge >= 0.3 is 0 Å². The van der Waals surface area contributed by atoms with Crippen LogP contribution in [-0.4, -0.2) is 13.2 Å². The zero-order valence-electron chi connectivity index (χ0n) is 14.8. The van der Waals surface area contributed by atoms with Crippen LogP contribution in [0, 0.1) is 5.82 Å². The molecule has 134 valence electrons. The SMILES string of the molecule is CCc1cc(C=C(C)CNCN)cc(F)c1Oc1ccc(CN)cc1. The molecule has 2 rings (SSSR count). The zero-order valence-corrected chi connectivity index (χ0v) is 14.8. The summed E-state index contributed by atoms with van der Waals surface area (Å²) in [5.41, 5.74) is 14.8. The molecule has 0 saturated carbocycles. The van der Waals surface area contributed by atoms with E-state index < -0.39 is 0 Å². The predicted octanol–water partition coefficient (Wildman–Crippen LogP) is 3.55. The van der Waals surface area contributed by atoms with Gasteiger partial charge < -0.3 is 21.5 Å². The molecule has 0 radical (unpaired) electrons. The second-order valence-corrected chi connectivity index (χ2v) is 5.92. The summed E-state index contributed by atoms with van der Waals surface area (Å²) in [6.45, 7) is 5.51. The van der Waals surface area contributed by atoms with E-state index >= 15 is 0 Å². The first-order valence-electron chi connectivity index (χ1n) is 8.44. The summed E-state index contributed by atoms with van der Waals surface area (Å²) in [7, 11) is 0. The molecule has 0 spiro atoms. The molecular weight excluding hydrogens is 317 g/mol. The van der Waals surface area contributed by atoms with E-state index in [2.05, 4.69) is 5.32 Å². The average molecular weight is 343 g/mol. The van der Waals surface area contributed by atoms with Gasteiger partial charge in [0.25, 0.3) is 0 Å². The van der Waals surface area contributed by atoms with Gasteiger partial charge in [-0.25, -0.2) is 4.39 Å². The number of hydrogen-bond donors (Lipinski definition) is 3. The smallest absolute Gasteiger partial charge is 0.166 e. The summed E-state index contributed by atoms with van der Waals surface area (Å²) < 4.78 is 20.4. The molecule has 0 saturated heterocycles. The standard InChI is InChI=1S/C20H26FN3O/c1-3-17-9-16(8-14(2)12-24-13-23)10-19(21)20(17)25-18-6-4-15(11-22)5-7-18/h4-10,24H,3,11-13,22-23H2,1-2H3. The summed E-state index contributed by atoms with van der Waals surface area (Å²) in [5.74, 6) is 0.503. The van der Waals surface area contributed by atoms with Gasteiger partial charge in [0.15, 0.2) is 11.6 Å². The molecule has 0 atom stereocenters. The highest BCUT2D eigenvalue weighted by atomic mass is 19.1. The van der Waals surface area contributed by atoms with Crippen molar-refractivity contribution >= 4 is 6.08 Å². The van der Waals surface area contributed by atoms with Gasteiger partial charge in [0.05, 0.1) is 0 Å². The molecule has 0 amide bonds. The molecule has 0 aliphatic heterocycles. The average Bonchev–Trinajstić information content (AvgIpc) is 2.62. The second-order valence-electron chi connectivity index (χ2n) is 5.92. The van der Waals surface area contributed by atoms with Crippen LogP contribution in [0.15, 0.2) is 42.0 Å². The molecule has 0 aromatic heterocycles. The van der Waals surface area contributed by atoms with Gasteiger partial charge in [0.1, 0.15) is 5.75 Å². The van der Waals surface area contributed by atoms with Crippen molar-refractivity contribution in [2.45, 2.75) is 26.8 Å². The molecule has 0 aliphatic carbocycles. The molecule has 0 unspecified atom stereocenters. The van der Waals surface area contributed by atoms with Crippen molar-refractivity contribution in [3.63, 3.8) is 0 Å². The van der Waals surface area contributed by atoms with Crippen molar-refractivity contribution in [2.24, 2.45) is 11.5 Å². The minimum absolute atomic E-state index is 0.276. The molecule has 25 heavy (non-hydrogen) atoms. The number of rotatable bonds is 8. The maximum atomic E-state index is 14.6. The zero-order chi connectivity index (χ0) is 18.2. The van der Waals surface area contributed by atoms with Crippen LogP contribution in [0.4, 0.5) is 4.39 Å². The minimum Gasteiger partial charge on any atom is -0.454 e. The first kappa shape index (κ1) is 19.1. The van der Waals surface area contributed by atoms with Crippen molar-refractivity contribution in [1.29, 1.82) is 0 Å². The van der Waals surface area contributed by atoms with Gasteiger partial charge in [-0.2, -0.15) is 0 Å². The first-order chi connectivity index (χ1) is 12.1. The Balaban J connectivity index is 2.26. The van der Waals surface area contributed by atoms with Crippen molar-refractivity contribution in [3.8, 4) is 11.5 Å². The summed E-state index contributed by atoms with van der Waals surface area (Å²) in [6, 6.07) is 10.8. The third kappa shape index (κ3) is 5.39. The van der Waals surface area contributed by atoms with Gasteiger partial charge in [0, 0.05) is 19.8 Å². The summed E-state index contributed by atoms with van der Waals surface area (Å²) in [4.78, 5) is 0. The molecule has 0 aliphatic rings. The fraction of sp³-hybridized carbons (Fsp3) is 0.300. The number of ether oxygens (including phenoxy) is 1. The molecule has 0 bridgehead atoms. The summed E-state index contributed by atoms with van der Waals surface area (Å²) in [5, 5.41) is 3.05. The Bertz CT molecular complexity index is 726. The van der Waals surface area contributed by atoms with E-state index in [1.165, 1.54) is 6.07 Å². The summed E-state index contributed by atoms with van der Waals surface area (Å²) in [6.07, 6.45) is 2.62. The normalized spacial score (nSPS) is 11.6. The Morgan fingerprint density at radius 2 is 1.92 bits per heavy atom. The largest absolute Gasteiger partial charge is 0.454 e. The maximum absolute atomic E-state index is 14.6. The van der Waals surface area contributed by atoms with Crippen molar-refractivity contribution in [2.75, 3.05) is 13.2 Å². The van der Waals surface area contributed by atoms with Crippen LogP contribution in [0.3, 0.4) is 0 Å². The molecule has 5 heteroatoms. The van der Waals surface area contributed by atoms with Gasteiger partial charge in [-0.1, -0.05) is 30.7 Å². The molecule has 4 nitrogen and oxygen atoms in total. The topological polar surface area (TPSA) is 73.3 Å². The quantitative estimate of drug-likeness (QED) is 0.641. The van der Waals surface area contributed by atoms with Gasteiger partial charge in [0.2, 0.25) is 0 Å². The number of benzene rings is 2. The van der Waals surface area contributed by atoms with Crippen LogP contribution in [-0.2, 0) is 13.0 Å². The first-order valence-corrected chi connectivity index (χ1v) is 8.44. The molecule has 0 heterocycles. The highest BCUT2D eigenvalue weighted by Gasteiger charge is 2.12. The van der Waals surface area contributed by atoms with E-state index in [0.717, 1.165) is 22.3 Å². The lowest BCUT2D eigenvalue weighted by atomic mass is 10.0. The number of halogens is 1. The number of nitrogens with two attached hydrogens (primary N) is 2. The Kier molecular flexibility index (Phi) is 7.13. The summed E-state index contributed by atoms with van der Waals surface area (Å²) >= 11 is 0. The van der Waals surface area contributed by atoms with Gasteiger partial charge in [-0.3, -0.25) is 0 Å². The van der Waals surface area contributed by atoms with E-state index in [4.69, 9.17) is 16.2 Å². The van der Waals surface area contributed by atoms with Crippen LogP contribution >= 0.6 is 0 Å². The van der Waals surface area contributed by atoms with Crippen molar-refractivity contribution < 1.29 is 9.13 Å². The Labute approximate surface area is 148 Å². The van der Waals surface area contributed by atoms with Gasteiger partial charge in [-0.15, -0.1) is 0 Å². The minimum atomic E-state index is -0.368. The highest BCUT2D eigenvalue weighted by molar-refractivity contribution is 5.57. The van der Waals surface area contributed by atoms with Crippen LogP contribution in [0.5, 0.6) is 11.5 Å². The van der Waals surface area contributed by atoms with Crippen LogP contribution in [0.25, 0.3) is 6.08 Å². The number of nitrogens with one attached hydrogen (secondary N) is 1. The number of hydrogen-bond acceptors (Lipinski definition) is 4. The van der Waals surface area contributed by atoms with Crippen molar-refractivity contribution in [3.05, 3.63) is 64.5 Å². The Morgan fingerprint density at radius 1 is 1.20 bits per heavy atom.